The molecule has 0 aliphatic carbocycles. The van der Waals surface area contributed by atoms with Crippen molar-refractivity contribution in [3.05, 3.63) is 18.5 Å². The first-order valence-corrected chi connectivity index (χ1v) is 2.44. The van der Waals surface area contributed by atoms with Crippen molar-refractivity contribution in [2.75, 3.05) is 0 Å². The molecule has 4 nitrogen and oxygen atoms in total. The molecule has 46 valence electrons. The average Bonchev–Trinajstić information content (AvgIpc) is 1.90. The normalized spacial score (nSPS) is 9.11. The maximum absolute atomic E-state index is 8.45. The Hall–Kier alpha value is -0.935. The van der Waals surface area contributed by atoms with Gasteiger partial charge in [-0.05, 0) is 6.07 Å². The van der Waals surface area contributed by atoms with Gasteiger partial charge in [0.1, 0.15) is 0 Å². The predicted octanol–water partition coefficient (Wildman–Crippen LogP) is -1.84. The van der Waals surface area contributed by atoms with Crippen molar-refractivity contribution in [3.8, 4) is 0 Å². The van der Waals surface area contributed by atoms with E-state index in [1.807, 2.05) is 0 Å². The van der Waals surface area contributed by atoms with Gasteiger partial charge in [0.25, 0.3) is 0 Å². The van der Waals surface area contributed by atoms with Crippen molar-refractivity contribution in [1.29, 1.82) is 0 Å². The molecule has 0 aliphatic rings. The summed E-state index contributed by atoms with van der Waals surface area (Å²) in [6.07, 6.45) is 2.89. The first-order valence-electron chi connectivity index (χ1n) is 2.44. The lowest BCUT2D eigenvalue weighted by Gasteiger charge is -1.92. The van der Waals surface area contributed by atoms with E-state index in [1.54, 1.807) is 6.07 Å². The van der Waals surface area contributed by atoms with E-state index in [0.717, 1.165) is 0 Å². The van der Waals surface area contributed by atoms with Crippen LogP contribution in [0.3, 0.4) is 0 Å². The fraction of sp³-hybridized carbons (Fsp3) is 0. The summed E-state index contributed by atoms with van der Waals surface area (Å²) in [5, 5.41) is 16.9. The maximum Gasteiger partial charge on any atom is 0.528 e. The first kappa shape index (κ1) is 6.19. The fourth-order valence-corrected chi connectivity index (χ4v) is 0.444. The Bertz CT molecular complexity index is 179. The van der Waals surface area contributed by atoms with Gasteiger partial charge >= 0.3 is 7.12 Å². The highest BCUT2D eigenvalue weighted by Gasteiger charge is 2.12. The van der Waals surface area contributed by atoms with Crippen molar-refractivity contribution in [3.63, 3.8) is 0 Å². The third kappa shape index (κ3) is 1.48. The highest BCUT2D eigenvalue weighted by Crippen LogP contribution is 1.70. The third-order valence-electron chi connectivity index (χ3n) is 0.817. The van der Waals surface area contributed by atoms with E-state index in [1.165, 1.54) is 12.4 Å². The molecule has 1 aromatic heterocycles. The lowest BCUT2D eigenvalue weighted by atomic mass is 9.91. The maximum atomic E-state index is 8.45. The molecule has 0 saturated heterocycles. The largest absolute Gasteiger partial charge is 0.528 e. The average molecular weight is 124 g/mol. The molecule has 0 radical (unpaired) electrons. The second kappa shape index (κ2) is 2.57. The highest BCUT2D eigenvalue weighted by atomic mass is 16.4. The van der Waals surface area contributed by atoms with Gasteiger partial charge in [0, 0.05) is 12.4 Å². The van der Waals surface area contributed by atoms with Gasteiger partial charge in [0.2, 0.25) is 0 Å². The minimum absolute atomic E-state index is 0.0255. The van der Waals surface area contributed by atoms with Crippen molar-refractivity contribution < 1.29 is 10.0 Å². The third-order valence-corrected chi connectivity index (χ3v) is 0.817. The van der Waals surface area contributed by atoms with E-state index in [0.29, 0.717) is 0 Å². The van der Waals surface area contributed by atoms with Crippen LogP contribution in [0.25, 0.3) is 0 Å². The summed E-state index contributed by atoms with van der Waals surface area (Å²) in [6, 6.07) is 1.60. The van der Waals surface area contributed by atoms with E-state index in [4.69, 9.17) is 10.0 Å². The molecule has 1 rings (SSSR count). The van der Waals surface area contributed by atoms with Crippen molar-refractivity contribution in [2.24, 2.45) is 0 Å². The second-order valence-corrected chi connectivity index (χ2v) is 1.48. The summed E-state index contributed by atoms with van der Waals surface area (Å²) in [5.41, 5.74) is 0.0255. The zero-order valence-electron chi connectivity index (χ0n) is 4.60. The van der Waals surface area contributed by atoms with Crippen molar-refractivity contribution in [2.45, 2.75) is 0 Å². The molecule has 2 N–H and O–H groups in total. The molecule has 0 unspecified atom stereocenters. The highest BCUT2D eigenvalue weighted by molar-refractivity contribution is 6.56. The second-order valence-electron chi connectivity index (χ2n) is 1.48. The van der Waals surface area contributed by atoms with Crippen molar-refractivity contribution in [1.82, 2.24) is 9.97 Å². The van der Waals surface area contributed by atoms with Crippen LogP contribution in [0.2, 0.25) is 0 Å². The van der Waals surface area contributed by atoms with Gasteiger partial charge in [-0.3, -0.25) is 0 Å². The summed E-state index contributed by atoms with van der Waals surface area (Å²) < 4.78 is 0. The molecule has 0 bridgehead atoms. The van der Waals surface area contributed by atoms with Gasteiger partial charge in [-0.2, -0.15) is 0 Å². The van der Waals surface area contributed by atoms with Gasteiger partial charge < -0.3 is 10.0 Å². The molecular weight excluding hydrogens is 119 g/mol. The van der Waals surface area contributed by atoms with Crippen LogP contribution < -0.4 is 5.72 Å². The van der Waals surface area contributed by atoms with Crippen LogP contribution in [0, 0.1) is 0 Å². The topological polar surface area (TPSA) is 66.2 Å². The fourth-order valence-electron chi connectivity index (χ4n) is 0.444. The standard InChI is InChI=1S/C4H5BN2O2/c8-5(9)4-6-2-1-3-7-4/h1-3,8-9H. The number of aromatic nitrogens is 2. The van der Waals surface area contributed by atoms with Gasteiger partial charge in [0.05, 0.1) is 0 Å². The number of rotatable bonds is 1. The zero-order chi connectivity index (χ0) is 6.69. The smallest absolute Gasteiger partial charge is 0.421 e. The Morgan fingerprint density at radius 1 is 1.22 bits per heavy atom. The summed E-state index contributed by atoms with van der Waals surface area (Å²) in [5.74, 6) is 0. The molecule has 0 aliphatic heterocycles. The zero-order valence-corrected chi connectivity index (χ0v) is 4.60. The Balaban J connectivity index is 2.85. The quantitative estimate of drug-likeness (QED) is 0.431. The molecule has 9 heavy (non-hydrogen) atoms. The Morgan fingerprint density at radius 3 is 2.11 bits per heavy atom. The van der Waals surface area contributed by atoms with Crippen LogP contribution in [-0.4, -0.2) is 27.1 Å². The summed E-state index contributed by atoms with van der Waals surface area (Å²) >= 11 is 0. The first-order chi connectivity index (χ1) is 4.30. The predicted molar refractivity (Wildman–Crippen MR) is 31.9 cm³/mol. The van der Waals surface area contributed by atoms with Crippen molar-refractivity contribution >= 4 is 12.8 Å². The Kier molecular flexibility index (Phi) is 1.76. The van der Waals surface area contributed by atoms with Crippen LogP contribution in [0.15, 0.2) is 18.5 Å². The van der Waals surface area contributed by atoms with Crippen LogP contribution in [0.5, 0.6) is 0 Å². The van der Waals surface area contributed by atoms with Crippen LogP contribution in [-0.2, 0) is 0 Å². The summed E-state index contributed by atoms with van der Waals surface area (Å²) in [4.78, 5) is 7.13. The molecule has 1 aromatic rings. The lowest BCUT2D eigenvalue weighted by molar-refractivity contribution is 0.422. The van der Waals surface area contributed by atoms with E-state index in [9.17, 15) is 0 Å². The molecular formula is C4H5BN2O2. The molecule has 0 amide bonds. The minimum Gasteiger partial charge on any atom is -0.421 e. The van der Waals surface area contributed by atoms with Gasteiger partial charge in [-0.1, -0.05) is 0 Å². The van der Waals surface area contributed by atoms with Crippen LogP contribution in [0.4, 0.5) is 0 Å². The SMILES string of the molecule is OB(O)c1ncccn1. The molecule has 0 saturated carbocycles. The number of nitrogens with zero attached hydrogens (tertiary/aromatic N) is 2. The number of hydrogen-bond donors (Lipinski definition) is 2. The molecule has 0 atom stereocenters. The van der Waals surface area contributed by atoms with E-state index < -0.39 is 7.12 Å². The molecule has 0 fully saturated rings. The van der Waals surface area contributed by atoms with Gasteiger partial charge in [-0.25, -0.2) is 9.97 Å². The van der Waals surface area contributed by atoms with Gasteiger partial charge in [-0.15, -0.1) is 0 Å². The van der Waals surface area contributed by atoms with Crippen LogP contribution >= 0.6 is 0 Å². The monoisotopic (exact) mass is 124 g/mol. The van der Waals surface area contributed by atoms with Gasteiger partial charge in [0.15, 0.2) is 5.72 Å². The number of hydrogen-bond acceptors (Lipinski definition) is 4. The molecule has 1 heterocycles. The molecule has 0 spiro atoms. The van der Waals surface area contributed by atoms with E-state index in [2.05, 4.69) is 9.97 Å². The van der Waals surface area contributed by atoms with Crippen LogP contribution in [0.1, 0.15) is 0 Å². The van der Waals surface area contributed by atoms with E-state index >= 15 is 0 Å². The lowest BCUT2D eigenvalue weighted by Crippen LogP contribution is -2.34. The summed E-state index contributed by atoms with van der Waals surface area (Å²) in [6.45, 7) is 0. The molecule has 5 heteroatoms. The van der Waals surface area contributed by atoms with E-state index in [-0.39, 0.29) is 5.72 Å². The summed E-state index contributed by atoms with van der Waals surface area (Å²) in [7, 11) is -1.56. The Labute approximate surface area is 52.4 Å². The Morgan fingerprint density at radius 2 is 1.78 bits per heavy atom. The minimum atomic E-state index is -1.56. The molecule has 0 aromatic carbocycles.